The van der Waals surface area contributed by atoms with E-state index in [0.29, 0.717) is 23.7 Å². The molecule has 4 nitrogen and oxygen atoms in total. The van der Waals surface area contributed by atoms with Crippen LogP contribution in [0.15, 0.2) is 24.3 Å². The molecule has 0 aliphatic rings. The molecule has 0 aliphatic carbocycles. The van der Waals surface area contributed by atoms with Crippen LogP contribution in [0.1, 0.15) is 34.1 Å². The van der Waals surface area contributed by atoms with Gasteiger partial charge in [-0.05, 0) is 24.1 Å². The number of nitrogens with one attached hydrogen (secondary N) is 2. The average Bonchev–Trinajstić information content (AvgIpc) is 2.27. The van der Waals surface area contributed by atoms with Crippen LogP contribution in [0, 0.1) is 11.8 Å². The van der Waals surface area contributed by atoms with Crippen molar-refractivity contribution in [2.75, 3.05) is 10.6 Å². The molecular weight excluding hydrogens is 240 g/mol. The average molecular weight is 262 g/mol. The highest BCUT2D eigenvalue weighted by Gasteiger charge is 2.08. The maximum Gasteiger partial charge on any atom is 0.226 e. The molecule has 1 aromatic carbocycles. The predicted octanol–water partition coefficient (Wildman–Crippen LogP) is 3.27. The second-order valence-electron chi connectivity index (χ2n) is 5.37. The Morgan fingerprint density at radius 1 is 1.05 bits per heavy atom. The molecule has 0 radical (unpaired) electrons. The van der Waals surface area contributed by atoms with Gasteiger partial charge in [-0.3, -0.25) is 9.59 Å². The van der Waals surface area contributed by atoms with Crippen molar-refractivity contribution < 1.29 is 9.59 Å². The second-order valence-corrected chi connectivity index (χ2v) is 5.37. The molecule has 104 valence electrons. The lowest BCUT2D eigenvalue weighted by Gasteiger charge is -2.11. The van der Waals surface area contributed by atoms with E-state index >= 15 is 0 Å². The van der Waals surface area contributed by atoms with E-state index in [9.17, 15) is 9.59 Å². The first-order valence-electron chi connectivity index (χ1n) is 6.59. The van der Waals surface area contributed by atoms with Crippen LogP contribution in [0.25, 0.3) is 0 Å². The predicted molar refractivity (Wildman–Crippen MR) is 78.0 cm³/mol. The van der Waals surface area contributed by atoms with Gasteiger partial charge in [-0.2, -0.15) is 0 Å². The summed E-state index contributed by atoms with van der Waals surface area (Å²) < 4.78 is 0. The zero-order chi connectivity index (χ0) is 14.4. The first kappa shape index (κ1) is 15.2. The maximum atomic E-state index is 11.7. The summed E-state index contributed by atoms with van der Waals surface area (Å²) in [4.78, 5) is 23.3. The Bertz CT molecular complexity index is 453. The highest BCUT2D eigenvalue weighted by atomic mass is 16.2. The molecule has 0 fully saturated rings. The largest absolute Gasteiger partial charge is 0.326 e. The van der Waals surface area contributed by atoms with Crippen molar-refractivity contribution in [3.8, 4) is 0 Å². The molecule has 0 spiro atoms. The molecule has 0 heterocycles. The number of benzene rings is 1. The van der Waals surface area contributed by atoms with E-state index in [1.165, 1.54) is 0 Å². The SMILES string of the molecule is CC(C)CC(=O)Nc1cccc(NC(=O)C(C)C)c1. The van der Waals surface area contributed by atoms with Gasteiger partial charge in [0.1, 0.15) is 0 Å². The normalized spacial score (nSPS) is 10.6. The number of hydrogen-bond acceptors (Lipinski definition) is 2. The molecule has 0 bridgehead atoms. The molecular formula is C15H22N2O2. The summed E-state index contributed by atoms with van der Waals surface area (Å²) in [6, 6.07) is 7.18. The van der Waals surface area contributed by atoms with Gasteiger partial charge in [0.15, 0.2) is 0 Å². The molecule has 1 rings (SSSR count). The Morgan fingerprint density at radius 3 is 2.16 bits per heavy atom. The summed E-state index contributed by atoms with van der Waals surface area (Å²) in [5, 5.41) is 5.63. The number of anilines is 2. The van der Waals surface area contributed by atoms with Crippen LogP contribution in [0.2, 0.25) is 0 Å². The van der Waals surface area contributed by atoms with E-state index in [2.05, 4.69) is 10.6 Å². The number of carbonyl (C=O) groups excluding carboxylic acids is 2. The lowest BCUT2D eigenvalue weighted by atomic mass is 10.1. The minimum atomic E-state index is -0.0702. The van der Waals surface area contributed by atoms with E-state index in [1.807, 2.05) is 33.8 Å². The summed E-state index contributed by atoms with van der Waals surface area (Å²) >= 11 is 0. The molecule has 0 saturated heterocycles. The fourth-order valence-electron chi connectivity index (χ4n) is 1.54. The maximum absolute atomic E-state index is 11.7. The van der Waals surface area contributed by atoms with E-state index in [4.69, 9.17) is 0 Å². The number of hydrogen-bond donors (Lipinski definition) is 2. The lowest BCUT2D eigenvalue weighted by Crippen LogP contribution is -2.18. The summed E-state index contributed by atoms with van der Waals surface area (Å²) in [5.74, 6) is 0.205. The number of rotatable bonds is 5. The highest BCUT2D eigenvalue weighted by molar-refractivity contribution is 5.94. The summed E-state index contributed by atoms with van der Waals surface area (Å²) in [6.07, 6.45) is 0.489. The third-order valence-corrected chi connectivity index (χ3v) is 2.53. The molecule has 4 heteroatoms. The van der Waals surface area contributed by atoms with Crippen LogP contribution in [0.5, 0.6) is 0 Å². The Labute approximate surface area is 114 Å². The minimum absolute atomic E-state index is 0.0117. The van der Waals surface area contributed by atoms with Crippen molar-refractivity contribution >= 4 is 23.2 Å². The van der Waals surface area contributed by atoms with Crippen molar-refractivity contribution in [2.24, 2.45) is 11.8 Å². The molecule has 0 aliphatic heterocycles. The van der Waals surface area contributed by atoms with E-state index < -0.39 is 0 Å². The quantitative estimate of drug-likeness (QED) is 0.855. The number of carbonyl (C=O) groups is 2. The Kier molecular flexibility index (Phi) is 5.55. The third-order valence-electron chi connectivity index (χ3n) is 2.53. The van der Waals surface area contributed by atoms with Gasteiger partial charge in [0.2, 0.25) is 11.8 Å². The van der Waals surface area contributed by atoms with Crippen molar-refractivity contribution in [1.82, 2.24) is 0 Å². The van der Waals surface area contributed by atoms with Crippen LogP contribution in [0.3, 0.4) is 0 Å². The number of amides is 2. The van der Waals surface area contributed by atoms with E-state index in [0.717, 1.165) is 0 Å². The fourth-order valence-corrected chi connectivity index (χ4v) is 1.54. The molecule has 2 amide bonds. The van der Waals surface area contributed by atoms with Gasteiger partial charge in [-0.15, -0.1) is 0 Å². The minimum Gasteiger partial charge on any atom is -0.326 e. The topological polar surface area (TPSA) is 58.2 Å². The van der Waals surface area contributed by atoms with Crippen LogP contribution < -0.4 is 10.6 Å². The summed E-state index contributed by atoms with van der Waals surface area (Å²) in [6.45, 7) is 7.67. The standard InChI is InChI=1S/C15H22N2O2/c1-10(2)8-14(18)16-12-6-5-7-13(9-12)17-15(19)11(3)4/h5-7,9-11H,8H2,1-4H3,(H,16,18)(H,17,19). The van der Waals surface area contributed by atoms with Gasteiger partial charge in [-0.1, -0.05) is 33.8 Å². The van der Waals surface area contributed by atoms with Gasteiger partial charge in [0.25, 0.3) is 0 Å². The van der Waals surface area contributed by atoms with Crippen LogP contribution in [0.4, 0.5) is 11.4 Å². The molecule has 0 atom stereocenters. The van der Waals surface area contributed by atoms with Gasteiger partial charge >= 0.3 is 0 Å². The van der Waals surface area contributed by atoms with Crippen LogP contribution in [-0.2, 0) is 9.59 Å². The second kappa shape index (κ2) is 6.92. The molecule has 1 aromatic rings. The summed E-state index contributed by atoms with van der Waals surface area (Å²) in [5.41, 5.74) is 1.40. The van der Waals surface area contributed by atoms with Crippen molar-refractivity contribution in [1.29, 1.82) is 0 Å². The highest BCUT2D eigenvalue weighted by Crippen LogP contribution is 2.16. The Morgan fingerprint density at radius 2 is 1.63 bits per heavy atom. The smallest absolute Gasteiger partial charge is 0.226 e. The lowest BCUT2D eigenvalue weighted by molar-refractivity contribution is -0.119. The first-order valence-corrected chi connectivity index (χ1v) is 6.59. The van der Waals surface area contributed by atoms with Crippen molar-refractivity contribution in [2.45, 2.75) is 34.1 Å². The van der Waals surface area contributed by atoms with Gasteiger partial charge in [0.05, 0.1) is 0 Å². The Hall–Kier alpha value is -1.84. The zero-order valence-electron chi connectivity index (χ0n) is 12.0. The zero-order valence-corrected chi connectivity index (χ0v) is 12.0. The monoisotopic (exact) mass is 262 g/mol. The van der Waals surface area contributed by atoms with Crippen molar-refractivity contribution in [3.63, 3.8) is 0 Å². The Balaban J connectivity index is 2.67. The molecule has 0 unspecified atom stereocenters. The fraction of sp³-hybridized carbons (Fsp3) is 0.467. The van der Waals surface area contributed by atoms with Crippen LogP contribution in [-0.4, -0.2) is 11.8 Å². The van der Waals surface area contributed by atoms with Gasteiger partial charge < -0.3 is 10.6 Å². The molecule has 2 N–H and O–H groups in total. The third kappa shape index (κ3) is 5.55. The van der Waals surface area contributed by atoms with Crippen LogP contribution >= 0.6 is 0 Å². The molecule has 0 aromatic heterocycles. The van der Waals surface area contributed by atoms with Gasteiger partial charge in [0, 0.05) is 23.7 Å². The van der Waals surface area contributed by atoms with Gasteiger partial charge in [-0.25, -0.2) is 0 Å². The summed E-state index contributed by atoms with van der Waals surface area (Å²) in [7, 11) is 0. The molecule has 19 heavy (non-hydrogen) atoms. The first-order chi connectivity index (χ1) is 8.88. The molecule has 0 saturated carbocycles. The van der Waals surface area contributed by atoms with E-state index in [-0.39, 0.29) is 17.7 Å². The van der Waals surface area contributed by atoms with E-state index in [1.54, 1.807) is 18.2 Å². The van der Waals surface area contributed by atoms with Crippen molar-refractivity contribution in [3.05, 3.63) is 24.3 Å².